The van der Waals surface area contributed by atoms with E-state index < -0.39 is 30.4 Å². The molecule has 0 saturated heterocycles. The standard InChI is InChI=1S/C24H27N3O6/c1-5-32-24(31)22-13(2)21(14(3)26-22)20(29)12-33-23(30)19(27-15(4)28)10-16-11-25-18-9-7-6-8-17(16)18/h6-9,11,19,25-26H,5,10,12H2,1-4H3,(H,27,28)/t19-/m0/s1. The smallest absolute Gasteiger partial charge is 0.355 e. The van der Waals surface area contributed by atoms with Gasteiger partial charge in [0.15, 0.2) is 6.61 Å². The number of Topliss-reactive ketones (excluding diaryl/α,β-unsaturated/α-hetero) is 1. The molecule has 9 heteroatoms. The van der Waals surface area contributed by atoms with Crippen LogP contribution in [0.1, 0.15) is 51.5 Å². The molecule has 0 aliphatic carbocycles. The zero-order valence-corrected chi connectivity index (χ0v) is 19.0. The number of ketones is 1. The number of aryl methyl sites for hydroxylation is 1. The first kappa shape index (κ1) is 23.8. The van der Waals surface area contributed by atoms with Gasteiger partial charge in [0.1, 0.15) is 11.7 Å². The largest absolute Gasteiger partial charge is 0.461 e. The maximum Gasteiger partial charge on any atom is 0.355 e. The molecule has 0 spiro atoms. The van der Waals surface area contributed by atoms with Gasteiger partial charge in [-0.2, -0.15) is 0 Å². The van der Waals surface area contributed by atoms with Crippen molar-refractivity contribution in [2.75, 3.05) is 13.2 Å². The number of ether oxygens (including phenoxy) is 2. The Hall–Kier alpha value is -3.88. The summed E-state index contributed by atoms with van der Waals surface area (Å²) >= 11 is 0. The minimum absolute atomic E-state index is 0.194. The van der Waals surface area contributed by atoms with Crippen LogP contribution in [0.15, 0.2) is 30.5 Å². The number of carbonyl (C=O) groups is 4. The Morgan fingerprint density at radius 3 is 2.52 bits per heavy atom. The van der Waals surface area contributed by atoms with E-state index in [4.69, 9.17) is 9.47 Å². The molecule has 0 aliphatic heterocycles. The Balaban J connectivity index is 1.72. The molecule has 174 valence electrons. The molecule has 3 aromatic rings. The molecule has 1 atom stereocenters. The summed E-state index contributed by atoms with van der Waals surface area (Å²) in [5.74, 6) is -2.13. The molecule has 2 aromatic heterocycles. The molecule has 0 fully saturated rings. The lowest BCUT2D eigenvalue weighted by molar-refractivity contribution is -0.146. The molecule has 1 aromatic carbocycles. The van der Waals surface area contributed by atoms with E-state index in [0.29, 0.717) is 11.3 Å². The summed E-state index contributed by atoms with van der Waals surface area (Å²) in [7, 11) is 0. The van der Waals surface area contributed by atoms with Crippen molar-refractivity contribution in [1.82, 2.24) is 15.3 Å². The fourth-order valence-corrected chi connectivity index (χ4v) is 3.84. The number of aromatic nitrogens is 2. The van der Waals surface area contributed by atoms with Crippen LogP contribution in [0.2, 0.25) is 0 Å². The molecule has 3 rings (SSSR count). The minimum atomic E-state index is -0.960. The lowest BCUT2D eigenvalue weighted by atomic mass is 10.0. The Labute approximate surface area is 190 Å². The number of rotatable bonds is 9. The highest BCUT2D eigenvalue weighted by molar-refractivity contribution is 6.03. The number of amides is 1. The number of carbonyl (C=O) groups excluding carboxylic acids is 4. The highest BCUT2D eigenvalue weighted by atomic mass is 16.5. The van der Waals surface area contributed by atoms with E-state index >= 15 is 0 Å². The normalized spacial score (nSPS) is 11.8. The van der Waals surface area contributed by atoms with E-state index in [1.165, 1.54) is 6.92 Å². The lowest BCUT2D eigenvalue weighted by Crippen LogP contribution is -2.42. The van der Waals surface area contributed by atoms with Gasteiger partial charge in [-0.15, -0.1) is 0 Å². The molecular weight excluding hydrogens is 426 g/mol. The summed E-state index contributed by atoms with van der Waals surface area (Å²) in [5, 5.41) is 3.53. The van der Waals surface area contributed by atoms with E-state index in [-0.39, 0.29) is 30.2 Å². The molecule has 9 nitrogen and oxygen atoms in total. The third kappa shape index (κ3) is 5.31. The summed E-state index contributed by atoms with van der Waals surface area (Å²) in [6, 6.07) is 6.65. The summed E-state index contributed by atoms with van der Waals surface area (Å²) in [4.78, 5) is 55.3. The predicted octanol–water partition coefficient (Wildman–Crippen LogP) is 2.76. The summed E-state index contributed by atoms with van der Waals surface area (Å²) in [5.41, 5.74) is 3.13. The Kier molecular flexibility index (Phi) is 7.32. The van der Waals surface area contributed by atoms with E-state index in [2.05, 4.69) is 15.3 Å². The summed E-state index contributed by atoms with van der Waals surface area (Å²) in [6.07, 6.45) is 1.98. The number of aromatic amines is 2. The first-order valence-corrected chi connectivity index (χ1v) is 10.6. The average Bonchev–Trinajstić information content (AvgIpc) is 3.31. The number of para-hydroxylation sites is 1. The van der Waals surface area contributed by atoms with Crippen LogP contribution in [0.25, 0.3) is 10.9 Å². The molecule has 0 saturated carbocycles. The lowest BCUT2D eigenvalue weighted by Gasteiger charge is -2.16. The third-order valence-corrected chi connectivity index (χ3v) is 5.30. The van der Waals surface area contributed by atoms with Crippen molar-refractivity contribution >= 4 is 34.5 Å². The molecular formula is C24H27N3O6. The van der Waals surface area contributed by atoms with Crippen molar-refractivity contribution in [3.05, 3.63) is 58.5 Å². The maximum atomic E-state index is 12.8. The Morgan fingerprint density at radius 1 is 1.09 bits per heavy atom. The monoisotopic (exact) mass is 453 g/mol. The van der Waals surface area contributed by atoms with Crippen molar-refractivity contribution in [2.24, 2.45) is 0 Å². The minimum Gasteiger partial charge on any atom is -0.461 e. The van der Waals surface area contributed by atoms with Gasteiger partial charge in [-0.1, -0.05) is 18.2 Å². The number of hydrogen-bond donors (Lipinski definition) is 3. The molecule has 2 heterocycles. The predicted molar refractivity (Wildman–Crippen MR) is 121 cm³/mol. The van der Waals surface area contributed by atoms with Crippen LogP contribution in [-0.4, -0.2) is 52.9 Å². The topological polar surface area (TPSA) is 130 Å². The average molecular weight is 453 g/mol. The second kappa shape index (κ2) is 10.2. The third-order valence-electron chi connectivity index (χ3n) is 5.30. The highest BCUT2D eigenvalue weighted by Crippen LogP contribution is 2.21. The SMILES string of the molecule is CCOC(=O)c1[nH]c(C)c(C(=O)COC(=O)[C@H](Cc2c[nH]c3ccccc23)NC(C)=O)c1C. The first-order valence-electron chi connectivity index (χ1n) is 10.6. The molecule has 0 radical (unpaired) electrons. The van der Waals surface area contributed by atoms with Gasteiger partial charge >= 0.3 is 11.9 Å². The van der Waals surface area contributed by atoms with Crippen LogP contribution in [-0.2, 0) is 25.5 Å². The molecule has 33 heavy (non-hydrogen) atoms. The Bertz CT molecular complexity index is 1210. The van der Waals surface area contributed by atoms with Gasteiger partial charge in [0.05, 0.1) is 6.61 Å². The van der Waals surface area contributed by atoms with Crippen molar-refractivity contribution in [3.8, 4) is 0 Å². The number of H-pyrrole nitrogens is 2. The fourth-order valence-electron chi connectivity index (χ4n) is 3.84. The molecule has 1 amide bonds. The van der Waals surface area contributed by atoms with Gasteiger partial charge < -0.3 is 24.8 Å². The highest BCUT2D eigenvalue weighted by Gasteiger charge is 2.26. The number of benzene rings is 1. The molecule has 0 bridgehead atoms. The van der Waals surface area contributed by atoms with Crippen molar-refractivity contribution < 1.29 is 28.7 Å². The molecule has 0 aliphatic rings. The van der Waals surface area contributed by atoms with Crippen LogP contribution in [0.5, 0.6) is 0 Å². The quantitative estimate of drug-likeness (QED) is 0.337. The Morgan fingerprint density at radius 2 is 1.82 bits per heavy atom. The number of nitrogens with one attached hydrogen (secondary N) is 3. The van der Waals surface area contributed by atoms with Crippen molar-refractivity contribution in [2.45, 2.75) is 40.2 Å². The van der Waals surface area contributed by atoms with Crippen LogP contribution in [0, 0.1) is 13.8 Å². The van der Waals surface area contributed by atoms with E-state index in [1.54, 1.807) is 27.0 Å². The molecule has 3 N–H and O–H groups in total. The summed E-state index contributed by atoms with van der Waals surface area (Å²) in [6.45, 7) is 5.97. The second-order valence-corrected chi connectivity index (χ2v) is 7.69. The number of fused-ring (bicyclic) bond motifs is 1. The van der Waals surface area contributed by atoms with Gasteiger partial charge in [-0.3, -0.25) is 9.59 Å². The number of esters is 2. The second-order valence-electron chi connectivity index (χ2n) is 7.69. The van der Waals surface area contributed by atoms with Crippen molar-refractivity contribution in [1.29, 1.82) is 0 Å². The van der Waals surface area contributed by atoms with Gasteiger partial charge in [-0.05, 0) is 38.0 Å². The zero-order valence-electron chi connectivity index (χ0n) is 19.0. The van der Waals surface area contributed by atoms with Crippen LogP contribution in [0.4, 0.5) is 0 Å². The van der Waals surface area contributed by atoms with Gasteiger partial charge in [0, 0.05) is 41.7 Å². The zero-order chi connectivity index (χ0) is 24.1. The van der Waals surface area contributed by atoms with Crippen LogP contribution in [0.3, 0.4) is 0 Å². The van der Waals surface area contributed by atoms with Crippen LogP contribution < -0.4 is 5.32 Å². The van der Waals surface area contributed by atoms with Gasteiger partial charge in [0.25, 0.3) is 0 Å². The fraction of sp³-hybridized carbons (Fsp3) is 0.333. The maximum absolute atomic E-state index is 12.8. The van der Waals surface area contributed by atoms with E-state index in [1.807, 2.05) is 24.3 Å². The van der Waals surface area contributed by atoms with E-state index in [0.717, 1.165) is 16.5 Å². The van der Waals surface area contributed by atoms with Gasteiger partial charge in [0.2, 0.25) is 11.7 Å². The van der Waals surface area contributed by atoms with E-state index in [9.17, 15) is 19.2 Å². The molecule has 0 unspecified atom stereocenters. The number of hydrogen-bond acceptors (Lipinski definition) is 6. The summed E-state index contributed by atoms with van der Waals surface area (Å²) < 4.78 is 10.3. The van der Waals surface area contributed by atoms with Crippen molar-refractivity contribution in [3.63, 3.8) is 0 Å². The van der Waals surface area contributed by atoms with Gasteiger partial charge in [-0.25, -0.2) is 9.59 Å². The first-order chi connectivity index (χ1) is 15.7. The van der Waals surface area contributed by atoms with Crippen LogP contribution >= 0.6 is 0 Å².